The predicted molar refractivity (Wildman–Crippen MR) is 86.6 cm³/mol. The average Bonchev–Trinajstić information content (AvgIpc) is 2.81. The first-order valence-corrected chi connectivity index (χ1v) is 7.59. The van der Waals surface area contributed by atoms with Gasteiger partial charge in [-0.25, -0.2) is 4.98 Å². The molecule has 0 unspecified atom stereocenters. The molecule has 4 heteroatoms. The van der Waals surface area contributed by atoms with E-state index in [1.54, 1.807) is 11.3 Å². The van der Waals surface area contributed by atoms with Crippen molar-refractivity contribution in [1.29, 1.82) is 0 Å². The highest BCUT2D eigenvalue weighted by Gasteiger charge is 2.11. The molecule has 0 aliphatic carbocycles. The SMILES string of the molecule is Cc1c(Br)cc2sc(-c3ccc(N)cc3)nc2c1C. The molecule has 0 fully saturated rings. The maximum atomic E-state index is 5.72. The first-order chi connectivity index (χ1) is 9.06. The molecule has 2 nitrogen and oxygen atoms in total. The normalized spacial score (nSPS) is 11.1. The molecule has 1 heterocycles. The zero-order valence-corrected chi connectivity index (χ0v) is 13.1. The Balaban J connectivity index is 2.22. The summed E-state index contributed by atoms with van der Waals surface area (Å²) in [5, 5.41) is 1.04. The molecule has 0 saturated carbocycles. The number of aryl methyl sites for hydroxylation is 1. The van der Waals surface area contributed by atoms with E-state index in [2.05, 4.69) is 35.8 Å². The van der Waals surface area contributed by atoms with E-state index in [-0.39, 0.29) is 0 Å². The maximum Gasteiger partial charge on any atom is 0.124 e. The molecule has 0 radical (unpaired) electrons. The second-order valence-corrected chi connectivity index (χ2v) is 6.48. The van der Waals surface area contributed by atoms with Gasteiger partial charge >= 0.3 is 0 Å². The minimum atomic E-state index is 0.777. The van der Waals surface area contributed by atoms with Gasteiger partial charge in [-0.15, -0.1) is 11.3 Å². The lowest BCUT2D eigenvalue weighted by Crippen LogP contribution is -1.85. The number of aromatic nitrogens is 1. The van der Waals surface area contributed by atoms with Gasteiger partial charge in [-0.2, -0.15) is 0 Å². The molecule has 0 spiro atoms. The van der Waals surface area contributed by atoms with Crippen LogP contribution in [0.25, 0.3) is 20.8 Å². The van der Waals surface area contributed by atoms with Crippen LogP contribution in [-0.2, 0) is 0 Å². The van der Waals surface area contributed by atoms with E-state index >= 15 is 0 Å². The van der Waals surface area contributed by atoms with Crippen LogP contribution >= 0.6 is 27.3 Å². The van der Waals surface area contributed by atoms with Crippen LogP contribution in [0.5, 0.6) is 0 Å². The molecule has 1 aromatic heterocycles. The Kier molecular flexibility index (Phi) is 3.07. The van der Waals surface area contributed by atoms with E-state index in [4.69, 9.17) is 10.7 Å². The van der Waals surface area contributed by atoms with E-state index in [1.807, 2.05) is 24.3 Å². The Labute approximate surface area is 124 Å². The molecular formula is C15H13BrN2S. The smallest absolute Gasteiger partial charge is 0.124 e. The Morgan fingerprint density at radius 1 is 1.11 bits per heavy atom. The molecule has 0 aliphatic heterocycles. The molecule has 0 atom stereocenters. The summed E-state index contributed by atoms with van der Waals surface area (Å²) >= 11 is 5.32. The molecule has 19 heavy (non-hydrogen) atoms. The summed E-state index contributed by atoms with van der Waals surface area (Å²) in [6, 6.07) is 10.0. The minimum Gasteiger partial charge on any atom is -0.399 e. The van der Waals surface area contributed by atoms with E-state index in [0.29, 0.717) is 0 Å². The fraction of sp³-hybridized carbons (Fsp3) is 0.133. The van der Waals surface area contributed by atoms with Crippen molar-refractivity contribution in [1.82, 2.24) is 4.98 Å². The molecule has 96 valence electrons. The number of hydrogen-bond donors (Lipinski definition) is 1. The Morgan fingerprint density at radius 3 is 2.47 bits per heavy atom. The van der Waals surface area contributed by atoms with Crippen molar-refractivity contribution < 1.29 is 0 Å². The lowest BCUT2D eigenvalue weighted by Gasteiger charge is -2.02. The molecular weight excluding hydrogens is 320 g/mol. The average molecular weight is 333 g/mol. The van der Waals surface area contributed by atoms with Crippen LogP contribution in [0.3, 0.4) is 0 Å². The molecule has 2 aromatic carbocycles. The van der Waals surface area contributed by atoms with Crippen LogP contribution in [0, 0.1) is 13.8 Å². The van der Waals surface area contributed by atoms with Crippen molar-refractivity contribution in [2.75, 3.05) is 5.73 Å². The highest BCUT2D eigenvalue weighted by atomic mass is 79.9. The summed E-state index contributed by atoms with van der Waals surface area (Å²) in [4.78, 5) is 4.77. The number of thiazole rings is 1. The topological polar surface area (TPSA) is 38.9 Å². The van der Waals surface area contributed by atoms with Gasteiger partial charge in [0.05, 0.1) is 10.2 Å². The number of nitrogens with zero attached hydrogens (tertiary/aromatic N) is 1. The fourth-order valence-electron chi connectivity index (χ4n) is 2.03. The monoisotopic (exact) mass is 332 g/mol. The Hall–Kier alpha value is -1.39. The lowest BCUT2D eigenvalue weighted by molar-refractivity contribution is 1.32. The standard InChI is InChI=1S/C15H13BrN2S/c1-8-9(2)14-13(7-12(8)16)19-15(18-14)10-3-5-11(17)6-4-10/h3-7H,17H2,1-2H3. The number of benzene rings is 2. The third-order valence-electron chi connectivity index (χ3n) is 3.34. The summed E-state index contributed by atoms with van der Waals surface area (Å²) in [5.41, 5.74) is 11.2. The van der Waals surface area contributed by atoms with Crippen molar-refractivity contribution in [3.63, 3.8) is 0 Å². The van der Waals surface area contributed by atoms with E-state index in [0.717, 1.165) is 26.2 Å². The molecule has 2 N–H and O–H groups in total. The van der Waals surface area contributed by atoms with Gasteiger partial charge in [0.2, 0.25) is 0 Å². The summed E-state index contributed by atoms with van der Waals surface area (Å²) in [7, 11) is 0. The van der Waals surface area contributed by atoms with Crippen LogP contribution < -0.4 is 5.73 Å². The van der Waals surface area contributed by atoms with Crippen LogP contribution in [0.4, 0.5) is 5.69 Å². The van der Waals surface area contributed by atoms with Gasteiger partial charge in [0.1, 0.15) is 5.01 Å². The molecule has 3 aromatic rings. The minimum absolute atomic E-state index is 0.777. The zero-order valence-electron chi connectivity index (χ0n) is 10.7. The van der Waals surface area contributed by atoms with E-state index < -0.39 is 0 Å². The van der Waals surface area contributed by atoms with Crippen LogP contribution in [0.2, 0.25) is 0 Å². The van der Waals surface area contributed by atoms with Gasteiger partial charge in [-0.3, -0.25) is 0 Å². The van der Waals surface area contributed by atoms with Crippen molar-refractivity contribution >= 4 is 43.2 Å². The van der Waals surface area contributed by atoms with Crippen LogP contribution in [-0.4, -0.2) is 4.98 Å². The van der Waals surface area contributed by atoms with Gasteiger partial charge in [0.15, 0.2) is 0 Å². The number of nitrogen functional groups attached to an aromatic ring is 1. The van der Waals surface area contributed by atoms with Crippen molar-refractivity contribution in [2.45, 2.75) is 13.8 Å². The first kappa shape index (κ1) is 12.6. The largest absolute Gasteiger partial charge is 0.399 e. The number of fused-ring (bicyclic) bond motifs is 1. The van der Waals surface area contributed by atoms with Gasteiger partial charge in [-0.1, -0.05) is 15.9 Å². The molecule has 0 amide bonds. The lowest BCUT2D eigenvalue weighted by atomic mass is 10.1. The Bertz CT molecular complexity index is 760. The number of halogens is 1. The number of hydrogen-bond acceptors (Lipinski definition) is 3. The van der Waals surface area contributed by atoms with Gasteiger partial charge in [0, 0.05) is 15.7 Å². The summed E-state index contributed by atoms with van der Waals surface area (Å²) in [5.74, 6) is 0. The molecule has 0 saturated heterocycles. The second kappa shape index (κ2) is 4.62. The first-order valence-electron chi connectivity index (χ1n) is 5.98. The number of rotatable bonds is 1. The Morgan fingerprint density at radius 2 is 1.79 bits per heavy atom. The summed E-state index contributed by atoms with van der Waals surface area (Å²) in [6.07, 6.45) is 0. The zero-order chi connectivity index (χ0) is 13.6. The third-order valence-corrected chi connectivity index (χ3v) is 5.22. The van der Waals surface area contributed by atoms with Crippen molar-refractivity contribution in [3.05, 3.63) is 45.9 Å². The number of nitrogens with two attached hydrogens (primary N) is 1. The third kappa shape index (κ3) is 2.15. The molecule has 0 aliphatic rings. The van der Waals surface area contributed by atoms with Crippen molar-refractivity contribution in [2.24, 2.45) is 0 Å². The highest BCUT2D eigenvalue weighted by molar-refractivity contribution is 9.10. The predicted octanol–water partition coefficient (Wildman–Crippen LogP) is 4.92. The fourth-order valence-corrected chi connectivity index (χ4v) is 3.78. The van der Waals surface area contributed by atoms with E-state index in [1.165, 1.54) is 15.8 Å². The quantitative estimate of drug-likeness (QED) is 0.642. The summed E-state index contributed by atoms with van der Waals surface area (Å²) < 4.78 is 2.35. The van der Waals surface area contributed by atoms with Crippen molar-refractivity contribution in [3.8, 4) is 10.6 Å². The number of anilines is 1. The summed E-state index contributed by atoms with van der Waals surface area (Å²) in [6.45, 7) is 4.23. The highest BCUT2D eigenvalue weighted by Crippen LogP contribution is 2.35. The van der Waals surface area contributed by atoms with Gasteiger partial charge in [-0.05, 0) is 55.3 Å². The molecule has 0 bridgehead atoms. The molecule has 3 rings (SSSR count). The van der Waals surface area contributed by atoms with E-state index in [9.17, 15) is 0 Å². The van der Waals surface area contributed by atoms with Gasteiger partial charge < -0.3 is 5.73 Å². The van der Waals surface area contributed by atoms with Crippen LogP contribution in [0.1, 0.15) is 11.1 Å². The second-order valence-electron chi connectivity index (χ2n) is 4.60. The maximum absolute atomic E-state index is 5.72. The van der Waals surface area contributed by atoms with Gasteiger partial charge in [0.25, 0.3) is 0 Å². The van der Waals surface area contributed by atoms with Crippen LogP contribution in [0.15, 0.2) is 34.8 Å².